The fourth-order valence-electron chi connectivity index (χ4n) is 1.97. The topological polar surface area (TPSA) is 50.9 Å². The molecule has 17 heavy (non-hydrogen) atoms. The molecule has 2 saturated carbocycles. The van der Waals surface area contributed by atoms with Gasteiger partial charge in [-0.15, -0.1) is 10.2 Å². The molecule has 5 heteroatoms. The van der Waals surface area contributed by atoms with Gasteiger partial charge in [-0.1, -0.05) is 18.7 Å². The van der Waals surface area contributed by atoms with Crippen LogP contribution < -0.4 is 0 Å². The van der Waals surface area contributed by atoms with Crippen LogP contribution in [0.1, 0.15) is 56.8 Å². The highest BCUT2D eigenvalue weighted by Gasteiger charge is 2.36. The summed E-state index contributed by atoms with van der Waals surface area (Å²) in [5, 5.41) is 19.3. The fraction of sp³-hybridized carbons (Fsp3) is 0.833. The third kappa shape index (κ3) is 2.50. The molecule has 94 valence electrons. The Hall–Kier alpha value is -0.550. The zero-order valence-corrected chi connectivity index (χ0v) is 11.0. The van der Waals surface area contributed by atoms with E-state index < -0.39 is 0 Å². The zero-order valence-electron chi connectivity index (χ0n) is 10.2. The number of aromatic nitrogens is 3. The molecule has 1 aromatic heterocycles. The highest BCUT2D eigenvalue weighted by Crippen LogP contribution is 2.45. The molecule has 0 spiro atoms. The molecule has 3 rings (SSSR count). The Kier molecular flexibility index (Phi) is 3.13. The van der Waals surface area contributed by atoms with Crippen LogP contribution in [0.5, 0.6) is 0 Å². The van der Waals surface area contributed by atoms with Crippen LogP contribution in [-0.4, -0.2) is 31.7 Å². The smallest absolute Gasteiger partial charge is 0.191 e. The second-order valence-corrected chi connectivity index (χ2v) is 6.08. The van der Waals surface area contributed by atoms with E-state index in [0.29, 0.717) is 12.0 Å². The van der Waals surface area contributed by atoms with E-state index in [1.807, 2.05) is 6.92 Å². The molecule has 2 aliphatic rings. The maximum Gasteiger partial charge on any atom is 0.191 e. The summed E-state index contributed by atoms with van der Waals surface area (Å²) in [6.45, 7) is 2.01. The van der Waals surface area contributed by atoms with Crippen molar-refractivity contribution < 1.29 is 5.11 Å². The van der Waals surface area contributed by atoms with Gasteiger partial charge in [0, 0.05) is 17.7 Å². The van der Waals surface area contributed by atoms with Crippen molar-refractivity contribution in [3.8, 4) is 0 Å². The van der Waals surface area contributed by atoms with Gasteiger partial charge in [-0.3, -0.25) is 0 Å². The summed E-state index contributed by atoms with van der Waals surface area (Å²) in [4.78, 5) is 0. The molecular formula is C12H19N3OS. The molecule has 1 N–H and O–H groups in total. The summed E-state index contributed by atoms with van der Waals surface area (Å²) < 4.78 is 2.34. The lowest BCUT2D eigenvalue weighted by Crippen LogP contribution is -2.09. The van der Waals surface area contributed by atoms with E-state index in [9.17, 15) is 5.11 Å². The molecule has 2 fully saturated rings. The maximum absolute atomic E-state index is 9.61. The van der Waals surface area contributed by atoms with E-state index in [0.717, 1.165) is 17.3 Å². The van der Waals surface area contributed by atoms with Crippen molar-refractivity contribution in [1.29, 1.82) is 0 Å². The summed E-state index contributed by atoms with van der Waals surface area (Å²) in [5.74, 6) is 2.58. The third-order valence-corrected chi connectivity index (χ3v) is 4.51. The first kappa shape index (κ1) is 11.5. The molecule has 1 unspecified atom stereocenters. The highest BCUT2D eigenvalue weighted by atomic mass is 32.2. The first-order chi connectivity index (χ1) is 8.29. The summed E-state index contributed by atoms with van der Waals surface area (Å²) in [6, 6.07) is 0.641. The molecule has 1 aromatic rings. The van der Waals surface area contributed by atoms with Crippen molar-refractivity contribution in [3.63, 3.8) is 0 Å². The summed E-state index contributed by atoms with van der Waals surface area (Å²) in [5.41, 5.74) is 0. The first-order valence-electron chi connectivity index (χ1n) is 6.55. The number of aliphatic hydroxyl groups excluding tert-OH is 1. The van der Waals surface area contributed by atoms with E-state index in [-0.39, 0.29) is 6.10 Å². The van der Waals surface area contributed by atoms with Gasteiger partial charge in [0.2, 0.25) is 0 Å². The van der Waals surface area contributed by atoms with E-state index in [2.05, 4.69) is 14.8 Å². The Morgan fingerprint density at radius 2 is 2.12 bits per heavy atom. The maximum atomic E-state index is 9.61. The van der Waals surface area contributed by atoms with Crippen LogP contribution in [0.15, 0.2) is 5.16 Å². The van der Waals surface area contributed by atoms with Crippen LogP contribution in [0.3, 0.4) is 0 Å². The molecular weight excluding hydrogens is 234 g/mol. The van der Waals surface area contributed by atoms with Crippen molar-refractivity contribution in [2.75, 3.05) is 5.75 Å². The Bertz CT molecular complexity index is 398. The van der Waals surface area contributed by atoms with Gasteiger partial charge in [-0.25, -0.2) is 0 Å². The molecule has 0 radical (unpaired) electrons. The molecule has 4 nitrogen and oxygen atoms in total. The fourth-order valence-corrected chi connectivity index (χ4v) is 3.03. The number of thioether (sulfide) groups is 1. The zero-order chi connectivity index (χ0) is 11.8. The largest absolute Gasteiger partial charge is 0.392 e. The SMILES string of the molecule is CCC(O)CSc1nnc(C2CC2)n1C1CC1. The lowest BCUT2D eigenvalue weighted by Gasteiger charge is -2.09. The monoisotopic (exact) mass is 253 g/mol. The van der Waals surface area contributed by atoms with Gasteiger partial charge >= 0.3 is 0 Å². The average Bonchev–Trinajstić information content (AvgIpc) is 3.24. The van der Waals surface area contributed by atoms with Crippen LogP contribution >= 0.6 is 11.8 Å². The molecule has 0 aliphatic heterocycles. The standard InChI is InChI=1S/C12H19N3OS/c1-2-10(16)7-17-12-14-13-11(8-3-4-8)15(12)9-5-6-9/h8-10,16H,2-7H2,1H3. The second kappa shape index (κ2) is 4.61. The minimum absolute atomic E-state index is 0.228. The average molecular weight is 253 g/mol. The number of nitrogens with zero attached hydrogens (tertiary/aromatic N) is 3. The van der Waals surface area contributed by atoms with Gasteiger partial charge in [0.1, 0.15) is 5.82 Å². The Morgan fingerprint density at radius 1 is 1.35 bits per heavy atom. The first-order valence-corrected chi connectivity index (χ1v) is 7.53. The van der Waals surface area contributed by atoms with Crippen LogP contribution in [0.2, 0.25) is 0 Å². The van der Waals surface area contributed by atoms with Gasteiger partial charge < -0.3 is 9.67 Å². The van der Waals surface area contributed by atoms with Crippen molar-refractivity contribution in [3.05, 3.63) is 5.82 Å². The molecule has 0 aromatic carbocycles. The Balaban J connectivity index is 1.74. The van der Waals surface area contributed by atoms with E-state index >= 15 is 0 Å². The van der Waals surface area contributed by atoms with E-state index in [1.165, 1.54) is 31.5 Å². The lowest BCUT2D eigenvalue weighted by atomic mass is 10.3. The summed E-state index contributed by atoms with van der Waals surface area (Å²) in [7, 11) is 0. The Labute approximate surface area is 106 Å². The van der Waals surface area contributed by atoms with Crippen LogP contribution in [0, 0.1) is 0 Å². The second-order valence-electron chi connectivity index (χ2n) is 5.09. The third-order valence-electron chi connectivity index (χ3n) is 3.42. The number of rotatable bonds is 6. The molecule has 0 bridgehead atoms. The minimum atomic E-state index is -0.228. The molecule has 0 saturated heterocycles. The van der Waals surface area contributed by atoms with Crippen molar-refractivity contribution >= 4 is 11.8 Å². The van der Waals surface area contributed by atoms with Crippen LogP contribution in [0.4, 0.5) is 0 Å². The van der Waals surface area contributed by atoms with Crippen LogP contribution in [0.25, 0.3) is 0 Å². The number of aliphatic hydroxyl groups is 1. The van der Waals surface area contributed by atoms with E-state index in [4.69, 9.17) is 0 Å². The van der Waals surface area contributed by atoms with Crippen molar-refractivity contribution in [1.82, 2.24) is 14.8 Å². The Morgan fingerprint density at radius 3 is 2.71 bits per heavy atom. The van der Waals surface area contributed by atoms with Crippen molar-refractivity contribution in [2.45, 2.75) is 62.2 Å². The number of hydrogen-bond donors (Lipinski definition) is 1. The van der Waals surface area contributed by atoms with Crippen LogP contribution in [-0.2, 0) is 0 Å². The predicted molar refractivity (Wildman–Crippen MR) is 67.3 cm³/mol. The van der Waals surface area contributed by atoms with Gasteiger partial charge in [-0.05, 0) is 32.1 Å². The predicted octanol–water partition coefficient (Wildman–Crippen LogP) is 2.35. The normalized spacial score (nSPS) is 21.8. The summed E-state index contributed by atoms with van der Waals surface area (Å²) in [6.07, 6.45) is 5.65. The van der Waals surface area contributed by atoms with Gasteiger partial charge in [0.15, 0.2) is 5.16 Å². The van der Waals surface area contributed by atoms with E-state index in [1.54, 1.807) is 11.8 Å². The molecule has 1 atom stereocenters. The molecule has 0 amide bonds. The van der Waals surface area contributed by atoms with Gasteiger partial charge in [0.25, 0.3) is 0 Å². The molecule has 1 heterocycles. The lowest BCUT2D eigenvalue weighted by molar-refractivity contribution is 0.195. The minimum Gasteiger partial charge on any atom is -0.392 e. The van der Waals surface area contributed by atoms with Gasteiger partial charge in [0.05, 0.1) is 6.10 Å². The highest BCUT2D eigenvalue weighted by molar-refractivity contribution is 7.99. The summed E-state index contributed by atoms with van der Waals surface area (Å²) >= 11 is 1.65. The molecule has 2 aliphatic carbocycles. The quantitative estimate of drug-likeness (QED) is 0.791. The van der Waals surface area contributed by atoms with Crippen molar-refractivity contribution in [2.24, 2.45) is 0 Å². The van der Waals surface area contributed by atoms with Gasteiger partial charge in [-0.2, -0.15) is 0 Å². The number of hydrogen-bond acceptors (Lipinski definition) is 4.